The summed E-state index contributed by atoms with van der Waals surface area (Å²) in [5.41, 5.74) is 9.34. The number of aromatic nitrogens is 3. The van der Waals surface area contributed by atoms with Gasteiger partial charge in [0.15, 0.2) is 5.16 Å². The molecule has 0 spiro atoms. The van der Waals surface area contributed by atoms with Crippen molar-refractivity contribution in [2.24, 2.45) is 0 Å². The molecule has 0 amide bonds. The van der Waals surface area contributed by atoms with Gasteiger partial charge in [-0.15, -0.1) is 0 Å². The maximum atomic E-state index is 5.74. The average molecular weight is 256 g/mol. The monoisotopic (exact) mass is 256 g/mol. The number of aromatic amines is 1. The summed E-state index contributed by atoms with van der Waals surface area (Å²) in [5, 5.41) is 1.76. The Morgan fingerprint density at radius 3 is 2.89 bits per heavy atom. The molecular formula is C13H12N4S. The van der Waals surface area contributed by atoms with Gasteiger partial charge in [-0.05, 0) is 49.0 Å². The van der Waals surface area contributed by atoms with Crippen LogP contribution in [0, 0.1) is 6.92 Å². The number of rotatable bonds is 2. The molecule has 0 aliphatic rings. The van der Waals surface area contributed by atoms with Gasteiger partial charge < -0.3 is 10.7 Å². The number of nitrogen functional groups attached to an aromatic ring is 1. The largest absolute Gasteiger partial charge is 0.399 e. The molecule has 2 aromatic heterocycles. The lowest BCUT2D eigenvalue weighted by Crippen LogP contribution is -1.83. The molecule has 0 saturated heterocycles. The normalized spacial score (nSPS) is 10.9. The molecule has 3 aromatic rings. The van der Waals surface area contributed by atoms with Gasteiger partial charge in [0.05, 0.1) is 11.0 Å². The molecule has 5 heteroatoms. The molecule has 0 bridgehead atoms. The molecule has 0 aliphatic carbocycles. The van der Waals surface area contributed by atoms with Gasteiger partial charge in [0, 0.05) is 11.4 Å². The van der Waals surface area contributed by atoms with E-state index in [4.69, 9.17) is 5.73 Å². The van der Waals surface area contributed by atoms with Crippen LogP contribution in [-0.2, 0) is 0 Å². The van der Waals surface area contributed by atoms with Crippen molar-refractivity contribution in [1.82, 2.24) is 15.0 Å². The van der Waals surface area contributed by atoms with Gasteiger partial charge in [0.25, 0.3) is 0 Å². The third kappa shape index (κ3) is 2.17. The quantitative estimate of drug-likeness (QED) is 0.692. The summed E-state index contributed by atoms with van der Waals surface area (Å²) in [4.78, 5) is 12.2. The summed E-state index contributed by atoms with van der Waals surface area (Å²) in [7, 11) is 0. The number of imidazole rings is 1. The van der Waals surface area contributed by atoms with Crippen molar-refractivity contribution >= 4 is 28.5 Å². The van der Waals surface area contributed by atoms with Crippen LogP contribution >= 0.6 is 11.8 Å². The van der Waals surface area contributed by atoms with Gasteiger partial charge in [-0.25, -0.2) is 9.97 Å². The number of aryl methyl sites for hydroxylation is 1. The Balaban J connectivity index is 1.95. The first-order chi connectivity index (χ1) is 8.70. The molecule has 0 unspecified atom stereocenters. The van der Waals surface area contributed by atoms with Gasteiger partial charge in [-0.2, -0.15) is 0 Å². The van der Waals surface area contributed by atoms with Crippen molar-refractivity contribution in [1.29, 1.82) is 0 Å². The molecule has 90 valence electrons. The Bertz CT molecular complexity index is 705. The molecule has 2 heterocycles. The van der Waals surface area contributed by atoms with Crippen LogP contribution in [0.5, 0.6) is 0 Å². The molecule has 1 aromatic carbocycles. The first kappa shape index (κ1) is 11.1. The number of H-pyrrole nitrogens is 1. The van der Waals surface area contributed by atoms with Crippen molar-refractivity contribution in [3.63, 3.8) is 0 Å². The molecule has 3 rings (SSSR count). The number of hydrogen-bond donors (Lipinski definition) is 2. The van der Waals surface area contributed by atoms with Crippen molar-refractivity contribution in [2.45, 2.75) is 17.1 Å². The van der Waals surface area contributed by atoms with E-state index in [0.717, 1.165) is 32.6 Å². The third-order valence-electron chi connectivity index (χ3n) is 2.55. The standard InChI is InChI=1S/C13H12N4S/c1-8-3-2-4-12(15-8)18-13-16-10-6-5-9(14)7-11(10)17-13/h2-7H,14H2,1H3,(H,16,17). The van der Waals surface area contributed by atoms with Gasteiger partial charge in [-0.1, -0.05) is 6.07 Å². The second-order valence-corrected chi connectivity index (χ2v) is 5.05. The average Bonchev–Trinajstić information content (AvgIpc) is 2.70. The van der Waals surface area contributed by atoms with Gasteiger partial charge in [-0.3, -0.25) is 0 Å². The number of hydrogen-bond acceptors (Lipinski definition) is 4. The lowest BCUT2D eigenvalue weighted by molar-refractivity contribution is 1.03. The smallest absolute Gasteiger partial charge is 0.172 e. The SMILES string of the molecule is Cc1cccc(Sc2nc3ccc(N)cc3[nH]2)n1. The second kappa shape index (κ2) is 4.34. The molecule has 3 N–H and O–H groups in total. The fraction of sp³-hybridized carbons (Fsp3) is 0.0769. The van der Waals surface area contributed by atoms with Gasteiger partial charge >= 0.3 is 0 Å². The lowest BCUT2D eigenvalue weighted by atomic mass is 10.3. The molecule has 0 saturated carbocycles. The van der Waals surface area contributed by atoms with Crippen LogP contribution in [0.4, 0.5) is 5.69 Å². The summed E-state index contributed by atoms with van der Waals surface area (Å²) >= 11 is 1.51. The predicted octanol–water partition coefficient (Wildman–Crippen LogP) is 3.00. The fourth-order valence-electron chi connectivity index (χ4n) is 1.73. The molecule has 0 fully saturated rings. The van der Waals surface area contributed by atoms with Crippen LogP contribution in [0.25, 0.3) is 11.0 Å². The van der Waals surface area contributed by atoms with Crippen LogP contribution < -0.4 is 5.73 Å². The zero-order valence-corrected chi connectivity index (χ0v) is 10.7. The van der Waals surface area contributed by atoms with E-state index in [1.165, 1.54) is 11.8 Å². The highest BCUT2D eigenvalue weighted by molar-refractivity contribution is 7.99. The predicted molar refractivity (Wildman–Crippen MR) is 73.6 cm³/mol. The Morgan fingerprint density at radius 1 is 1.17 bits per heavy atom. The van der Waals surface area contributed by atoms with Crippen molar-refractivity contribution in [3.05, 3.63) is 42.1 Å². The molecule has 18 heavy (non-hydrogen) atoms. The molecular weight excluding hydrogens is 244 g/mol. The number of anilines is 1. The van der Waals surface area contributed by atoms with Crippen LogP contribution in [0.3, 0.4) is 0 Å². The van der Waals surface area contributed by atoms with E-state index in [1.807, 2.05) is 43.3 Å². The molecule has 0 aliphatic heterocycles. The number of fused-ring (bicyclic) bond motifs is 1. The first-order valence-electron chi connectivity index (χ1n) is 5.57. The molecule has 4 nitrogen and oxygen atoms in total. The van der Waals surface area contributed by atoms with Crippen LogP contribution in [0.1, 0.15) is 5.69 Å². The summed E-state index contributed by atoms with van der Waals surface area (Å²) in [6.45, 7) is 1.98. The van der Waals surface area contributed by atoms with Crippen LogP contribution in [0.15, 0.2) is 46.6 Å². The maximum absolute atomic E-state index is 5.74. The zero-order valence-electron chi connectivity index (χ0n) is 9.84. The number of nitrogens with one attached hydrogen (secondary N) is 1. The van der Waals surface area contributed by atoms with E-state index in [-0.39, 0.29) is 0 Å². The zero-order chi connectivity index (χ0) is 12.5. The third-order valence-corrected chi connectivity index (χ3v) is 3.37. The van der Waals surface area contributed by atoms with E-state index in [9.17, 15) is 0 Å². The molecule has 0 radical (unpaired) electrons. The Morgan fingerprint density at radius 2 is 2.06 bits per heavy atom. The van der Waals surface area contributed by atoms with Gasteiger partial charge in [0.1, 0.15) is 5.03 Å². The Hall–Kier alpha value is -2.01. The Labute approximate surface area is 109 Å². The summed E-state index contributed by atoms with van der Waals surface area (Å²) in [5.74, 6) is 0. The highest BCUT2D eigenvalue weighted by atomic mass is 32.2. The number of benzene rings is 1. The minimum atomic E-state index is 0.733. The highest BCUT2D eigenvalue weighted by Crippen LogP contribution is 2.26. The minimum absolute atomic E-state index is 0.733. The van der Waals surface area contributed by atoms with Crippen molar-refractivity contribution < 1.29 is 0 Å². The van der Waals surface area contributed by atoms with Gasteiger partial charge in [0.2, 0.25) is 0 Å². The minimum Gasteiger partial charge on any atom is -0.399 e. The Kier molecular flexibility index (Phi) is 2.68. The second-order valence-electron chi connectivity index (χ2n) is 4.04. The number of pyridine rings is 1. The highest BCUT2D eigenvalue weighted by Gasteiger charge is 2.05. The van der Waals surface area contributed by atoms with E-state index >= 15 is 0 Å². The van der Waals surface area contributed by atoms with Crippen molar-refractivity contribution in [3.8, 4) is 0 Å². The lowest BCUT2D eigenvalue weighted by Gasteiger charge is -1.97. The van der Waals surface area contributed by atoms with E-state index in [0.29, 0.717) is 0 Å². The molecule has 0 atom stereocenters. The number of nitrogens with two attached hydrogens (primary N) is 1. The van der Waals surface area contributed by atoms with Crippen LogP contribution in [-0.4, -0.2) is 15.0 Å². The number of nitrogens with zero attached hydrogens (tertiary/aromatic N) is 2. The van der Waals surface area contributed by atoms with Crippen molar-refractivity contribution in [2.75, 3.05) is 5.73 Å². The maximum Gasteiger partial charge on any atom is 0.172 e. The van der Waals surface area contributed by atoms with Crippen LogP contribution in [0.2, 0.25) is 0 Å². The van der Waals surface area contributed by atoms with E-state index < -0.39 is 0 Å². The van der Waals surface area contributed by atoms with E-state index in [2.05, 4.69) is 15.0 Å². The van der Waals surface area contributed by atoms with E-state index in [1.54, 1.807) is 0 Å². The summed E-state index contributed by atoms with van der Waals surface area (Å²) < 4.78 is 0. The summed E-state index contributed by atoms with van der Waals surface area (Å²) in [6.07, 6.45) is 0. The first-order valence-corrected chi connectivity index (χ1v) is 6.39. The summed E-state index contributed by atoms with van der Waals surface area (Å²) in [6, 6.07) is 11.6. The topological polar surface area (TPSA) is 67.6 Å². The fourth-order valence-corrected chi connectivity index (χ4v) is 2.57.